The average molecular weight is 453 g/mol. The van der Waals surface area contributed by atoms with Crippen molar-refractivity contribution in [1.82, 2.24) is 20.1 Å². The summed E-state index contributed by atoms with van der Waals surface area (Å²) in [6.07, 6.45) is 3.48. The molecule has 4 rings (SSSR count). The van der Waals surface area contributed by atoms with Crippen molar-refractivity contribution in [3.05, 3.63) is 66.6 Å². The summed E-state index contributed by atoms with van der Waals surface area (Å²) in [6.45, 7) is 4.20. The fraction of sp³-hybridized carbons (Fsp3) is 0.261. The predicted octanol–water partition coefficient (Wildman–Crippen LogP) is 3.87. The number of aromatic nitrogens is 3. The molecule has 3 aromatic heterocycles. The van der Waals surface area contributed by atoms with E-state index in [9.17, 15) is 13.2 Å². The normalized spacial score (nSPS) is 11.8. The van der Waals surface area contributed by atoms with Gasteiger partial charge in [0.25, 0.3) is 5.91 Å². The zero-order valence-corrected chi connectivity index (χ0v) is 18.7. The van der Waals surface area contributed by atoms with Gasteiger partial charge in [-0.3, -0.25) is 4.79 Å². The number of carbonyl (C=O) groups excluding carboxylic acids is 1. The minimum absolute atomic E-state index is 0.0496. The van der Waals surface area contributed by atoms with Crippen LogP contribution in [0.15, 0.2) is 70.3 Å². The van der Waals surface area contributed by atoms with E-state index < -0.39 is 9.84 Å². The molecule has 1 aromatic carbocycles. The number of nitrogens with one attached hydrogen (secondary N) is 1. The molecule has 0 aliphatic rings. The highest BCUT2D eigenvalue weighted by Gasteiger charge is 2.20. The third-order valence-corrected chi connectivity index (χ3v) is 6.87. The Kier molecular flexibility index (Phi) is 6.09. The van der Waals surface area contributed by atoms with Crippen molar-refractivity contribution in [2.45, 2.75) is 31.2 Å². The summed E-state index contributed by atoms with van der Waals surface area (Å²) in [7, 11) is -3.39. The molecular weight excluding hydrogens is 428 g/mol. The SMILES string of the molecule is CC(C)n1ncc2c(C(=O)NCCCS(=O)(=O)c3ccccc3)cc(-c3ccco3)nc21. The molecule has 166 valence electrons. The van der Waals surface area contributed by atoms with Crippen LogP contribution >= 0.6 is 0 Å². The molecule has 8 nitrogen and oxygen atoms in total. The standard InChI is InChI=1S/C23H24N4O4S/c1-16(2)27-22-19(15-25-27)18(14-20(26-22)21-10-6-12-31-21)23(28)24-11-7-13-32(29,30)17-8-4-3-5-9-17/h3-6,8-10,12,14-16H,7,11,13H2,1-2H3,(H,24,28). The molecule has 0 unspecified atom stereocenters. The first kappa shape index (κ1) is 21.8. The van der Waals surface area contributed by atoms with E-state index in [1.165, 1.54) is 0 Å². The third kappa shape index (κ3) is 4.43. The van der Waals surface area contributed by atoms with Gasteiger partial charge in [0.15, 0.2) is 21.2 Å². The molecule has 32 heavy (non-hydrogen) atoms. The lowest BCUT2D eigenvalue weighted by molar-refractivity contribution is 0.0955. The summed E-state index contributed by atoms with van der Waals surface area (Å²) in [6, 6.07) is 13.6. The minimum Gasteiger partial charge on any atom is -0.463 e. The van der Waals surface area contributed by atoms with Gasteiger partial charge in [0.2, 0.25) is 0 Å². The maximum atomic E-state index is 13.0. The fourth-order valence-electron chi connectivity index (χ4n) is 3.44. The fourth-order valence-corrected chi connectivity index (χ4v) is 4.77. The molecule has 1 amide bonds. The number of pyridine rings is 1. The number of nitrogens with zero attached hydrogens (tertiary/aromatic N) is 3. The van der Waals surface area contributed by atoms with Gasteiger partial charge in [-0.2, -0.15) is 5.10 Å². The maximum absolute atomic E-state index is 13.0. The zero-order valence-electron chi connectivity index (χ0n) is 17.9. The second-order valence-corrected chi connectivity index (χ2v) is 9.80. The molecule has 0 fully saturated rings. The van der Waals surface area contributed by atoms with Crippen LogP contribution in [0.25, 0.3) is 22.5 Å². The first-order valence-corrected chi connectivity index (χ1v) is 12.0. The first-order valence-electron chi connectivity index (χ1n) is 10.3. The Bertz CT molecular complexity index is 1330. The molecule has 0 atom stereocenters. The summed E-state index contributed by atoms with van der Waals surface area (Å²) < 4.78 is 32.1. The molecule has 3 heterocycles. The molecule has 9 heteroatoms. The lowest BCUT2D eigenvalue weighted by Crippen LogP contribution is -2.26. The van der Waals surface area contributed by atoms with Gasteiger partial charge >= 0.3 is 0 Å². The number of benzene rings is 1. The van der Waals surface area contributed by atoms with E-state index in [2.05, 4.69) is 15.4 Å². The number of fused-ring (bicyclic) bond motifs is 1. The van der Waals surface area contributed by atoms with E-state index in [1.54, 1.807) is 65.7 Å². The van der Waals surface area contributed by atoms with Crippen LogP contribution in [0, 0.1) is 0 Å². The molecule has 0 bridgehead atoms. The highest BCUT2D eigenvalue weighted by Crippen LogP contribution is 2.26. The Morgan fingerprint density at radius 3 is 2.62 bits per heavy atom. The monoisotopic (exact) mass is 452 g/mol. The Hall–Kier alpha value is -3.46. The van der Waals surface area contributed by atoms with Crippen LogP contribution in [0.5, 0.6) is 0 Å². The van der Waals surface area contributed by atoms with Crippen LogP contribution in [0.4, 0.5) is 0 Å². The molecule has 0 saturated heterocycles. The van der Waals surface area contributed by atoms with Crippen LogP contribution in [-0.2, 0) is 9.84 Å². The number of amides is 1. The molecule has 0 spiro atoms. The summed E-state index contributed by atoms with van der Waals surface area (Å²) in [5, 5.41) is 7.84. The first-order chi connectivity index (χ1) is 15.4. The van der Waals surface area contributed by atoms with E-state index in [1.807, 2.05) is 13.8 Å². The Morgan fingerprint density at radius 2 is 1.94 bits per heavy atom. The topological polar surface area (TPSA) is 107 Å². The molecule has 0 saturated carbocycles. The van der Waals surface area contributed by atoms with Gasteiger partial charge in [0.1, 0.15) is 5.69 Å². The summed E-state index contributed by atoms with van der Waals surface area (Å²) in [5.41, 5.74) is 1.53. The van der Waals surface area contributed by atoms with E-state index in [-0.39, 0.29) is 29.1 Å². The third-order valence-electron chi connectivity index (χ3n) is 5.05. The predicted molar refractivity (Wildman–Crippen MR) is 121 cm³/mol. The average Bonchev–Trinajstić information content (AvgIpc) is 3.46. The second kappa shape index (κ2) is 8.96. The van der Waals surface area contributed by atoms with E-state index >= 15 is 0 Å². The number of hydrogen-bond acceptors (Lipinski definition) is 6. The van der Waals surface area contributed by atoms with Crippen molar-refractivity contribution >= 4 is 26.8 Å². The number of carbonyl (C=O) groups is 1. The summed E-state index contributed by atoms with van der Waals surface area (Å²) in [5.74, 6) is 0.184. The lowest BCUT2D eigenvalue weighted by Gasteiger charge is -2.10. The van der Waals surface area contributed by atoms with E-state index in [4.69, 9.17) is 4.42 Å². The number of rotatable bonds is 8. The van der Waals surface area contributed by atoms with Crippen LogP contribution in [-0.4, -0.2) is 41.4 Å². The largest absolute Gasteiger partial charge is 0.463 e. The van der Waals surface area contributed by atoms with Crippen molar-refractivity contribution in [2.75, 3.05) is 12.3 Å². The van der Waals surface area contributed by atoms with Crippen molar-refractivity contribution in [3.63, 3.8) is 0 Å². The smallest absolute Gasteiger partial charge is 0.252 e. The van der Waals surface area contributed by atoms with Gasteiger partial charge in [-0.25, -0.2) is 18.1 Å². The van der Waals surface area contributed by atoms with E-state index in [0.717, 1.165) is 0 Å². The molecule has 0 aliphatic carbocycles. The second-order valence-electron chi connectivity index (χ2n) is 7.69. The van der Waals surface area contributed by atoms with Crippen LogP contribution in [0.2, 0.25) is 0 Å². The Morgan fingerprint density at radius 1 is 1.16 bits per heavy atom. The highest BCUT2D eigenvalue weighted by atomic mass is 32.2. The molecule has 0 aliphatic heterocycles. The van der Waals surface area contributed by atoms with Gasteiger partial charge in [-0.15, -0.1) is 0 Å². The number of furan rings is 1. The van der Waals surface area contributed by atoms with Gasteiger partial charge in [0.05, 0.1) is 34.1 Å². The van der Waals surface area contributed by atoms with E-state index in [0.29, 0.717) is 34.5 Å². The van der Waals surface area contributed by atoms with Gasteiger partial charge in [-0.05, 0) is 50.6 Å². The lowest BCUT2D eigenvalue weighted by atomic mass is 10.1. The van der Waals surface area contributed by atoms with Crippen LogP contribution < -0.4 is 5.32 Å². The van der Waals surface area contributed by atoms with Crippen molar-refractivity contribution in [1.29, 1.82) is 0 Å². The van der Waals surface area contributed by atoms with Crippen LogP contribution in [0.1, 0.15) is 36.7 Å². The van der Waals surface area contributed by atoms with Crippen molar-refractivity contribution < 1.29 is 17.6 Å². The van der Waals surface area contributed by atoms with Crippen molar-refractivity contribution in [2.24, 2.45) is 0 Å². The van der Waals surface area contributed by atoms with Crippen LogP contribution in [0.3, 0.4) is 0 Å². The molecular formula is C23H24N4O4S. The van der Waals surface area contributed by atoms with Gasteiger partial charge in [-0.1, -0.05) is 18.2 Å². The quantitative estimate of drug-likeness (QED) is 0.407. The Balaban J connectivity index is 1.53. The molecule has 1 N–H and O–H groups in total. The highest BCUT2D eigenvalue weighted by molar-refractivity contribution is 7.91. The minimum atomic E-state index is -3.39. The Labute approximate surface area is 186 Å². The van der Waals surface area contributed by atoms with Crippen molar-refractivity contribution in [3.8, 4) is 11.5 Å². The molecule has 4 aromatic rings. The molecule has 0 radical (unpaired) electrons. The number of hydrogen-bond donors (Lipinski definition) is 1. The number of sulfone groups is 1. The zero-order chi connectivity index (χ0) is 22.7. The maximum Gasteiger partial charge on any atom is 0.252 e. The van der Waals surface area contributed by atoms with Gasteiger partial charge in [0, 0.05) is 12.6 Å². The summed E-state index contributed by atoms with van der Waals surface area (Å²) in [4.78, 5) is 17.9. The van der Waals surface area contributed by atoms with Gasteiger partial charge < -0.3 is 9.73 Å². The summed E-state index contributed by atoms with van der Waals surface area (Å²) >= 11 is 0.